The standard InChI is InChI=1S/C21H28N2/c1-22-20-12-14-21(15-13-20)23(16-18-8-4-2-5-9-18)17-19-10-6-3-7-11-19/h2-11,20-22H,12-17H2,1H3/t20-,21-. The molecule has 0 saturated heterocycles. The van der Waals surface area contributed by atoms with Crippen LogP contribution in [0.4, 0.5) is 0 Å². The molecule has 2 aromatic rings. The number of nitrogens with zero attached hydrogens (tertiary/aromatic N) is 1. The van der Waals surface area contributed by atoms with Crippen molar-refractivity contribution in [2.24, 2.45) is 0 Å². The number of benzene rings is 2. The largest absolute Gasteiger partial charge is 0.317 e. The summed E-state index contributed by atoms with van der Waals surface area (Å²) in [7, 11) is 2.09. The molecule has 23 heavy (non-hydrogen) atoms. The zero-order valence-electron chi connectivity index (χ0n) is 14.1. The number of rotatable bonds is 6. The molecule has 2 nitrogen and oxygen atoms in total. The van der Waals surface area contributed by atoms with Gasteiger partial charge in [-0.3, -0.25) is 4.90 Å². The molecule has 0 spiro atoms. The van der Waals surface area contributed by atoms with Gasteiger partial charge in [-0.2, -0.15) is 0 Å². The molecule has 0 unspecified atom stereocenters. The van der Waals surface area contributed by atoms with Crippen LogP contribution in [0.3, 0.4) is 0 Å². The Kier molecular flexibility index (Phi) is 5.84. The van der Waals surface area contributed by atoms with Crippen molar-refractivity contribution in [3.63, 3.8) is 0 Å². The Morgan fingerprint density at radius 3 is 1.70 bits per heavy atom. The van der Waals surface area contributed by atoms with E-state index in [0.717, 1.165) is 13.1 Å². The van der Waals surface area contributed by atoms with E-state index >= 15 is 0 Å². The molecule has 1 aliphatic rings. The van der Waals surface area contributed by atoms with Gasteiger partial charge in [-0.25, -0.2) is 0 Å². The second-order valence-electron chi connectivity index (χ2n) is 6.67. The molecule has 1 saturated carbocycles. The Bertz CT molecular complexity index is 517. The Morgan fingerprint density at radius 1 is 0.783 bits per heavy atom. The number of hydrogen-bond donors (Lipinski definition) is 1. The maximum atomic E-state index is 3.44. The minimum atomic E-state index is 0.694. The molecule has 1 aliphatic carbocycles. The lowest BCUT2D eigenvalue weighted by molar-refractivity contribution is 0.130. The molecular weight excluding hydrogens is 280 g/mol. The van der Waals surface area contributed by atoms with Gasteiger partial charge in [0, 0.05) is 25.2 Å². The van der Waals surface area contributed by atoms with Crippen LogP contribution in [0.1, 0.15) is 36.8 Å². The molecule has 1 fully saturated rings. The third-order valence-corrected chi connectivity index (χ3v) is 5.08. The summed E-state index contributed by atoms with van der Waals surface area (Å²) in [6.45, 7) is 2.09. The first-order chi connectivity index (χ1) is 11.3. The van der Waals surface area contributed by atoms with Crippen LogP contribution in [0.5, 0.6) is 0 Å². The smallest absolute Gasteiger partial charge is 0.0240 e. The van der Waals surface area contributed by atoms with Crippen LogP contribution in [0.25, 0.3) is 0 Å². The molecule has 0 heterocycles. The van der Waals surface area contributed by atoms with Gasteiger partial charge in [0.2, 0.25) is 0 Å². The molecule has 0 aromatic heterocycles. The van der Waals surface area contributed by atoms with Gasteiger partial charge in [0.1, 0.15) is 0 Å². The van der Waals surface area contributed by atoms with Crippen molar-refractivity contribution < 1.29 is 0 Å². The van der Waals surface area contributed by atoms with Crippen LogP contribution in [0, 0.1) is 0 Å². The molecule has 0 atom stereocenters. The van der Waals surface area contributed by atoms with Gasteiger partial charge in [-0.15, -0.1) is 0 Å². The van der Waals surface area contributed by atoms with Crippen molar-refractivity contribution >= 4 is 0 Å². The van der Waals surface area contributed by atoms with E-state index in [1.807, 2.05) is 0 Å². The van der Waals surface area contributed by atoms with Crippen molar-refractivity contribution in [3.05, 3.63) is 71.8 Å². The van der Waals surface area contributed by atoms with Crippen molar-refractivity contribution in [2.75, 3.05) is 7.05 Å². The molecule has 0 aliphatic heterocycles. The second-order valence-corrected chi connectivity index (χ2v) is 6.67. The van der Waals surface area contributed by atoms with Gasteiger partial charge < -0.3 is 5.32 Å². The van der Waals surface area contributed by atoms with E-state index in [2.05, 4.69) is 77.9 Å². The van der Waals surface area contributed by atoms with Crippen LogP contribution in [-0.2, 0) is 13.1 Å². The SMILES string of the molecule is CN[C@H]1CC[C@H](N(Cc2ccccc2)Cc2ccccc2)CC1. The van der Waals surface area contributed by atoms with Crippen LogP contribution in [0.15, 0.2) is 60.7 Å². The lowest BCUT2D eigenvalue weighted by atomic mass is 9.89. The maximum Gasteiger partial charge on any atom is 0.0240 e. The molecule has 0 bridgehead atoms. The van der Waals surface area contributed by atoms with Crippen LogP contribution in [-0.4, -0.2) is 24.0 Å². The van der Waals surface area contributed by atoms with Crippen LogP contribution in [0.2, 0.25) is 0 Å². The Balaban J connectivity index is 1.70. The molecule has 1 N–H and O–H groups in total. The number of hydrogen-bond acceptors (Lipinski definition) is 2. The van der Waals surface area contributed by atoms with Gasteiger partial charge >= 0.3 is 0 Å². The van der Waals surface area contributed by atoms with E-state index in [4.69, 9.17) is 0 Å². The summed E-state index contributed by atoms with van der Waals surface area (Å²) in [5, 5.41) is 3.44. The highest BCUT2D eigenvalue weighted by Crippen LogP contribution is 2.26. The van der Waals surface area contributed by atoms with E-state index in [0.29, 0.717) is 12.1 Å². The van der Waals surface area contributed by atoms with E-state index in [-0.39, 0.29) is 0 Å². The molecule has 3 rings (SSSR count). The van der Waals surface area contributed by atoms with Gasteiger partial charge in [0.15, 0.2) is 0 Å². The van der Waals surface area contributed by atoms with Crippen molar-refractivity contribution in [3.8, 4) is 0 Å². The van der Waals surface area contributed by atoms with Crippen LogP contribution < -0.4 is 5.32 Å². The Hall–Kier alpha value is -1.64. The van der Waals surface area contributed by atoms with E-state index in [9.17, 15) is 0 Å². The van der Waals surface area contributed by atoms with E-state index in [1.54, 1.807) is 0 Å². The third-order valence-electron chi connectivity index (χ3n) is 5.08. The fourth-order valence-corrected chi connectivity index (χ4v) is 3.68. The minimum Gasteiger partial charge on any atom is -0.317 e. The van der Waals surface area contributed by atoms with E-state index in [1.165, 1.54) is 36.8 Å². The number of nitrogens with one attached hydrogen (secondary N) is 1. The molecule has 122 valence electrons. The third kappa shape index (κ3) is 4.66. The lowest BCUT2D eigenvalue weighted by Crippen LogP contribution is -2.41. The topological polar surface area (TPSA) is 15.3 Å². The average Bonchev–Trinajstić information content (AvgIpc) is 2.63. The summed E-state index contributed by atoms with van der Waals surface area (Å²) in [6, 6.07) is 23.2. The summed E-state index contributed by atoms with van der Waals surface area (Å²) < 4.78 is 0. The maximum absolute atomic E-state index is 3.44. The fourth-order valence-electron chi connectivity index (χ4n) is 3.68. The van der Waals surface area contributed by atoms with Gasteiger partial charge in [-0.05, 0) is 43.9 Å². The summed E-state index contributed by atoms with van der Waals surface area (Å²) in [6.07, 6.45) is 5.18. The summed E-state index contributed by atoms with van der Waals surface area (Å²) >= 11 is 0. The summed E-state index contributed by atoms with van der Waals surface area (Å²) in [4.78, 5) is 2.68. The Labute approximate surface area is 140 Å². The van der Waals surface area contributed by atoms with Gasteiger partial charge in [0.05, 0.1) is 0 Å². The van der Waals surface area contributed by atoms with E-state index < -0.39 is 0 Å². The fraction of sp³-hybridized carbons (Fsp3) is 0.429. The quantitative estimate of drug-likeness (QED) is 0.859. The highest BCUT2D eigenvalue weighted by Gasteiger charge is 2.25. The van der Waals surface area contributed by atoms with Crippen molar-refractivity contribution in [1.82, 2.24) is 10.2 Å². The summed E-state index contributed by atoms with van der Waals surface area (Å²) in [5.74, 6) is 0. The Morgan fingerprint density at radius 2 is 1.26 bits per heavy atom. The average molecular weight is 308 g/mol. The predicted octanol–water partition coefficient (Wildman–Crippen LogP) is 4.22. The van der Waals surface area contributed by atoms with Gasteiger partial charge in [0.25, 0.3) is 0 Å². The first-order valence-electron chi connectivity index (χ1n) is 8.84. The highest BCUT2D eigenvalue weighted by atomic mass is 15.2. The first-order valence-corrected chi connectivity index (χ1v) is 8.84. The highest BCUT2D eigenvalue weighted by molar-refractivity contribution is 5.17. The molecule has 0 radical (unpaired) electrons. The summed E-state index contributed by atoms with van der Waals surface area (Å²) in [5.41, 5.74) is 2.83. The van der Waals surface area contributed by atoms with Crippen molar-refractivity contribution in [2.45, 2.75) is 50.9 Å². The minimum absolute atomic E-state index is 0.694. The zero-order chi connectivity index (χ0) is 15.9. The monoisotopic (exact) mass is 308 g/mol. The second kappa shape index (κ2) is 8.28. The zero-order valence-corrected chi connectivity index (χ0v) is 14.1. The van der Waals surface area contributed by atoms with Crippen LogP contribution >= 0.6 is 0 Å². The van der Waals surface area contributed by atoms with Gasteiger partial charge in [-0.1, -0.05) is 60.7 Å². The molecule has 0 amide bonds. The molecule has 2 heteroatoms. The molecule has 2 aromatic carbocycles. The van der Waals surface area contributed by atoms with Crippen molar-refractivity contribution in [1.29, 1.82) is 0 Å². The molecular formula is C21H28N2. The normalized spacial score (nSPS) is 21.5. The predicted molar refractivity (Wildman–Crippen MR) is 97.2 cm³/mol. The first kappa shape index (κ1) is 16.2. The lowest BCUT2D eigenvalue weighted by Gasteiger charge is -2.37.